The van der Waals surface area contributed by atoms with E-state index in [0.29, 0.717) is 5.69 Å². The van der Waals surface area contributed by atoms with Crippen LogP contribution in [0.15, 0.2) is 59.4 Å². The Labute approximate surface area is 168 Å². The standard InChI is InChI=1S/C22H22N4OS/c27-22(21-15-28-16-23-21)25-11-9-24(10-12-25)19-5-7-20(8-6-19)26-13-17-3-1-2-4-18(17)14-26/h1-8,15-16H,9-14H2. The van der Waals surface area contributed by atoms with E-state index in [2.05, 4.69) is 63.3 Å². The summed E-state index contributed by atoms with van der Waals surface area (Å²) in [6, 6.07) is 17.5. The van der Waals surface area contributed by atoms with Crippen molar-refractivity contribution in [3.63, 3.8) is 0 Å². The lowest BCUT2D eigenvalue weighted by Gasteiger charge is -2.36. The fourth-order valence-electron chi connectivity index (χ4n) is 4.04. The number of anilines is 2. The van der Waals surface area contributed by atoms with Crippen molar-refractivity contribution in [2.24, 2.45) is 0 Å². The average Bonchev–Trinajstić information content (AvgIpc) is 3.43. The minimum Gasteiger partial charge on any atom is -0.368 e. The molecule has 0 bridgehead atoms. The zero-order valence-electron chi connectivity index (χ0n) is 15.6. The molecule has 3 heterocycles. The van der Waals surface area contributed by atoms with Crippen LogP contribution in [-0.4, -0.2) is 42.0 Å². The van der Waals surface area contributed by atoms with Gasteiger partial charge in [0.1, 0.15) is 5.69 Å². The molecule has 1 amide bonds. The molecule has 3 aromatic rings. The van der Waals surface area contributed by atoms with Gasteiger partial charge in [-0.3, -0.25) is 4.79 Å². The SMILES string of the molecule is O=C(c1cscn1)N1CCN(c2ccc(N3Cc4ccccc4C3)cc2)CC1. The van der Waals surface area contributed by atoms with Crippen LogP contribution in [0.2, 0.25) is 0 Å². The lowest BCUT2D eigenvalue weighted by molar-refractivity contribution is 0.0741. The maximum Gasteiger partial charge on any atom is 0.273 e. The number of aromatic nitrogens is 1. The van der Waals surface area contributed by atoms with Gasteiger partial charge in [0.2, 0.25) is 0 Å². The van der Waals surface area contributed by atoms with Crippen molar-refractivity contribution in [1.29, 1.82) is 0 Å². The monoisotopic (exact) mass is 390 g/mol. The Balaban J connectivity index is 1.21. The molecule has 0 N–H and O–H groups in total. The quantitative estimate of drug-likeness (QED) is 0.685. The molecule has 5 nitrogen and oxygen atoms in total. The number of benzene rings is 2. The lowest BCUT2D eigenvalue weighted by Crippen LogP contribution is -2.48. The number of fused-ring (bicyclic) bond motifs is 1. The minimum atomic E-state index is 0.0462. The molecule has 6 heteroatoms. The molecule has 2 aliphatic heterocycles. The Bertz CT molecular complexity index is 937. The number of hydrogen-bond acceptors (Lipinski definition) is 5. The Morgan fingerprint density at radius 1 is 0.821 bits per heavy atom. The van der Waals surface area contributed by atoms with Crippen molar-refractivity contribution in [2.45, 2.75) is 13.1 Å². The lowest BCUT2D eigenvalue weighted by atomic mass is 10.1. The molecule has 0 radical (unpaired) electrons. The van der Waals surface area contributed by atoms with Crippen LogP contribution in [-0.2, 0) is 13.1 Å². The predicted octanol–water partition coefficient (Wildman–Crippen LogP) is 3.63. The Hall–Kier alpha value is -2.86. The fourth-order valence-corrected chi connectivity index (χ4v) is 4.56. The number of amides is 1. The summed E-state index contributed by atoms with van der Waals surface area (Å²) in [7, 11) is 0. The van der Waals surface area contributed by atoms with Gasteiger partial charge in [-0.2, -0.15) is 0 Å². The smallest absolute Gasteiger partial charge is 0.273 e. The second-order valence-electron chi connectivity index (χ2n) is 7.29. The minimum absolute atomic E-state index is 0.0462. The molecule has 0 atom stereocenters. The predicted molar refractivity (Wildman–Crippen MR) is 113 cm³/mol. The van der Waals surface area contributed by atoms with E-state index >= 15 is 0 Å². The van der Waals surface area contributed by atoms with E-state index in [1.807, 2.05) is 10.3 Å². The third kappa shape index (κ3) is 3.24. The van der Waals surface area contributed by atoms with Gasteiger partial charge in [-0.1, -0.05) is 24.3 Å². The summed E-state index contributed by atoms with van der Waals surface area (Å²) in [6.07, 6.45) is 0. The highest BCUT2D eigenvalue weighted by Gasteiger charge is 2.24. The van der Waals surface area contributed by atoms with Gasteiger partial charge in [0.25, 0.3) is 5.91 Å². The molecule has 2 aliphatic rings. The number of nitrogens with zero attached hydrogens (tertiary/aromatic N) is 4. The van der Waals surface area contributed by atoms with Gasteiger partial charge >= 0.3 is 0 Å². The fraction of sp³-hybridized carbons (Fsp3) is 0.273. The van der Waals surface area contributed by atoms with Crippen molar-refractivity contribution >= 4 is 28.6 Å². The van der Waals surface area contributed by atoms with Crippen molar-refractivity contribution < 1.29 is 4.79 Å². The van der Waals surface area contributed by atoms with Crippen molar-refractivity contribution in [3.05, 3.63) is 76.2 Å². The van der Waals surface area contributed by atoms with Crippen LogP contribution >= 0.6 is 11.3 Å². The summed E-state index contributed by atoms with van der Waals surface area (Å²) in [4.78, 5) is 23.2. The highest BCUT2D eigenvalue weighted by molar-refractivity contribution is 7.07. The van der Waals surface area contributed by atoms with E-state index in [0.717, 1.165) is 39.3 Å². The first-order valence-electron chi connectivity index (χ1n) is 9.62. The van der Waals surface area contributed by atoms with E-state index in [4.69, 9.17) is 0 Å². The number of carbonyl (C=O) groups is 1. The highest BCUT2D eigenvalue weighted by Crippen LogP contribution is 2.29. The Morgan fingerprint density at radius 2 is 1.43 bits per heavy atom. The molecule has 5 rings (SSSR count). The molecular formula is C22H22N4OS. The largest absolute Gasteiger partial charge is 0.368 e. The molecule has 0 aliphatic carbocycles. The summed E-state index contributed by atoms with van der Waals surface area (Å²) in [5.41, 5.74) is 7.61. The third-order valence-corrected chi connectivity index (χ3v) is 6.23. The van der Waals surface area contributed by atoms with Crippen LogP contribution < -0.4 is 9.80 Å². The van der Waals surface area contributed by atoms with Gasteiger partial charge in [0.15, 0.2) is 0 Å². The Kier molecular flexibility index (Phi) is 4.49. The first-order valence-corrected chi connectivity index (χ1v) is 10.6. The average molecular weight is 391 g/mol. The second kappa shape index (κ2) is 7.28. The number of piperazine rings is 1. The number of thiazole rings is 1. The third-order valence-electron chi connectivity index (χ3n) is 5.64. The molecule has 0 saturated carbocycles. The van der Waals surface area contributed by atoms with Crippen LogP contribution in [0, 0.1) is 0 Å². The van der Waals surface area contributed by atoms with Crippen molar-refractivity contribution in [2.75, 3.05) is 36.0 Å². The summed E-state index contributed by atoms with van der Waals surface area (Å²) in [5.74, 6) is 0.0462. The molecule has 28 heavy (non-hydrogen) atoms. The number of carbonyl (C=O) groups excluding carboxylic acids is 1. The maximum absolute atomic E-state index is 12.4. The van der Waals surface area contributed by atoms with Crippen LogP contribution in [0.25, 0.3) is 0 Å². The van der Waals surface area contributed by atoms with Crippen LogP contribution in [0.3, 0.4) is 0 Å². The molecule has 2 aromatic carbocycles. The first kappa shape index (κ1) is 17.3. The zero-order valence-corrected chi connectivity index (χ0v) is 16.4. The molecule has 0 unspecified atom stereocenters. The van der Waals surface area contributed by atoms with Crippen LogP contribution in [0.5, 0.6) is 0 Å². The number of hydrogen-bond donors (Lipinski definition) is 0. The van der Waals surface area contributed by atoms with Crippen molar-refractivity contribution in [3.8, 4) is 0 Å². The van der Waals surface area contributed by atoms with E-state index < -0.39 is 0 Å². The van der Waals surface area contributed by atoms with Gasteiger partial charge in [0, 0.05) is 56.0 Å². The summed E-state index contributed by atoms with van der Waals surface area (Å²) < 4.78 is 0. The molecule has 1 fully saturated rings. The second-order valence-corrected chi connectivity index (χ2v) is 8.01. The normalized spacial score (nSPS) is 16.4. The highest BCUT2D eigenvalue weighted by atomic mass is 32.1. The Morgan fingerprint density at radius 3 is 2.00 bits per heavy atom. The van der Waals surface area contributed by atoms with E-state index in [1.165, 1.54) is 33.8 Å². The van der Waals surface area contributed by atoms with Gasteiger partial charge in [-0.05, 0) is 35.4 Å². The van der Waals surface area contributed by atoms with Crippen LogP contribution in [0.4, 0.5) is 11.4 Å². The number of rotatable bonds is 3. The van der Waals surface area contributed by atoms with Gasteiger partial charge in [-0.15, -0.1) is 11.3 Å². The molecule has 1 aromatic heterocycles. The summed E-state index contributed by atoms with van der Waals surface area (Å²) >= 11 is 1.46. The summed E-state index contributed by atoms with van der Waals surface area (Å²) in [5, 5.41) is 1.82. The topological polar surface area (TPSA) is 39.7 Å². The molecule has 0 spiro atoms. The molecule has 1 saturated heterocycles. The van der Waals surface area contributed by atoms with E-state index in [-0.39, 0.29) is 5.91 Å². The summed E-state index contributed by atoms with van der Waals surface area (Å²) in [6.45, 7) is 5.13. The maximum atomic E-state index is 12.4. The van der Waals surface area contributed by atoms with Crippen LogP contribution in [0.1, 0.15) is 21.6 Å². The van der Waals surface area contributed by atoms with E-state index in [9.17, 15) is 4.79 Å². The van der Waals surface area contributed by atoms with Crippen molar-refractivity contribution in [1.82, 2.24) is 9.88 Å². The molecule has 142 valence electrons. The first-order chi connectivity index (χ1) is 13.8. The molecular weight excluding hydrogens is 368 g/mol. The van der Waals surface area contributed by atoms with Gasteiger partial charge < -0.3 is 14.7 Å². The zero-order chi connectivity index (χ0) is 18.9. The van der Waals surface area contributed by atoms with Gasteiger partial charge in [-0.25, -0.2) is 4.98 Å². The van der Waals surface area contributed by atoms with E-state index in [1.54, 1.807) is 5.51 Å². The van der Waals surface area contributed by atoms with Gasteiger partial charge in [0.05, 0.1) is 5.51 Å².